The zero-order valence-electron chi connectivity index (χ0n) is 11.4. The van der Waals surface area contributed by atoms with Gasteiger partial charge in [0.05, 0.1) is 12.1 Å². The Balaban J connectivity index is 1.89. The number of hydrogen-bond acceptors (Lipinski definition) is 4. The third-order valence-corrected chi connectivity index (χ3v) is 4.29. The maximum Gasteiger partial charge on any atom is 0.239 e. The molecule has 1 amide bonds. The number of carbonyl (C=O) groups is 1. The largest absolute Gasteiger partial charge is 0.391 e. The average molecular weight is 255 g/mol. The highest BCUT2D eigenvalue weighted by Crippen LogP contribution is 2.18. The molecule has 2 aliphatic rings. The summed E-state index contributed by atoms with van der Waals surface area (Å²) in [5.41, 5.74) is 0. The van der Waals surface area contributed by atoms with Crippen LogP contribution in [0.25, 0.3) is 0 Å². The van der Waals surface area contributed by atoms with E-state index in [4.69, 9.17) is 0 Å². The molecule has 0 radical (unpaired) electrons. The molecule has 3 atom stereocenters. The van der Waals surface area contributed by atoms with Crippen molar-refractivity contribution in [1.82, 2.24) is 15.1 Å². The molecule has 0 saturated carbocycles. The molecule has 0 aromatic carbocycles. The second kappa shape index (κ2) is 5.99. The van der Waals surface area contributed by atoms with E-state index in [1.54, 1.807) is 0 Å². The van der Waals surface area contributed by atoms with Gasteiger partial charge in [0.2, 0.25) is 5.91 Å². The lowest BCUT2D eigenvalue weighted by Gasteiger charge is -2.39. The van der Waals surface area contributed by atoms with Gasteiger partial charge in [-0.1, -0.05) is 6.92 Å². The molecule has 2 aliphatic heterocycles. The molecule has 0 bridgehead atoms. The molecular formula is C13H25N3O2. The molecule has 2 rings (SSSR count). The van der Waals surface area contributed by atoms with Crippen LogP contribution < -0.4 is 5.32 Å². The van der Waals surface area contributed by atoms with Gasteiger partial charge in [-0.2, -0.15) is 0 Å². The van der Waals surface area contributed by atoms with E-state index in [1.165, 1.54) is 0 Å². The fraction of sp³-hybridized carbons (Fsp3) is 0.923. The summed E-state index contributed by atoms with van der Waals surface area (Å²) in [4.78, 5) is 16.5. The van der Waals surface area contributed by atoms with E-state index >= 15 is 0 Å². The van der Waals surface area contributed by atoms with Crippen LogP contribution in [0.5, 0.6) is 0 Å². The van der Waals surface area contributed by atoms with Crippen molar-refractivity contribution in [2.75, 3.05) is 39.3 Å². The third-order valence-electron chi connectivity index (χ3n) is 4.29. The molecular weight excluding hydrogens is 230 g/mol. The summed E-state index contributed by atoms with van der Waals surface area (Å²) in [7, 11) is 0. The number of β-amino-alcohol motifs (C(OH)–C–C–N with tert-alkyl or cyclic N) is 1. The molecule has 2 N–H and O–H groups in total. The molecule has 5 heteroatoms. The number of hydrogen-bond donors (Lipinski definition) is 2. The van der Waals surface area contributed by atoms with Crippen molar-refractivity contribution in [2.45, 2.75) is 32.4 Å². The smallest absolute Gasteiger partial charge is 0.239 e. The molecule has 104 valence electrons. The van der Waals surface area contributed by atoms with E-state index in [-0.39, 0.29) is 18.1 Å². The molecule has 0 aliphatic carbocycles. The highest BCUT2D eigenvalue weighted by molar-refractivity contribution is 5.81. The van der Waals surface area contributed by atoms with Crippen molar-refractivity contribution in [3.8, 4) is 0 Å². The van der Waals surface area contributed by atoms with Crippen molar-refractivity contribution in [3.63, 3.8) is 0 Å². The van der Waals surface area contributed by atoms with Gasteiger partial charge in [0.25, 0.3) is 0 Å². The first-order chi connectivity index (χ1) is 8.59. The summed E-state index contributed by atoms with van der Waals surface area (Å²) >= 11 is 0. The Bertz CT molecular complexity index is 288. The first-order valence-electron chi connectivity index (χ1n) is 7.01. The third kappa shape index (κ3) is 3.02. The Hall–Kier alpha value is -0.650. The van der Waals surface area contributed by atoms with E-state index in [0.717, 1.165) is 39.1 Å². The molecule has 5 nitrogen and oxygen atoms in total. The summed E-state index contributed by atoms with van der Waals surface area (Å²) in [6, 6.07) is -0.0623. The van der Waals surface area contributed by atoms with Crippen LogP contribution in [0, 0.1) is 5.92 Å². The number of likely N-dealkylation sites (tertiary alicyclic amines) is 1. The summed E-state index contributed by atoms with van der Waals surface area (Å²) in [5, 5.41) is 13.2. The van der Waals surface area contributed by atoms with Crippen LogP contribution in [0.4, 0.5) is 0 Å². The number of nitrogens with one attached hydrogen (secondary N) is 1. The number of aliphatic hydroxyl groups excluding tert-OH is 1. The van der Waals surface area contributed by atoms with Crippen molar-refractivity contribution in [3.05, 3.63) is 0 Å². The van der Waals surface area contributed by atoms with Gasteiger partial charge in [-0.15, -0.1) is 0 Å². The molecule has 0 aromatic heterocycles. The number of nitrogens with zero attached hydrogens (tertiary/aromatic N) is 2. The first-order valence-corrected chi connectivity index (χ1v) is 7.01. The van der Waals surface area contributed by atoms with Crippen LogP contribution in [-0.4, -0.2) is 72.2 Å². The minimum absolute atomic E-state index is 0.0623. The van der Waals surface area contributed by atoms with Gasteiger partial charge in [-0.3, -0.25) is 9.69 Å². The zero-order valence-corrected chi connectivity index (χ0v) is 11.4. The SMILES string of the molecule is CC1CCN(C(=O)C(C)N2CCNCC2)CC1O. The van der Waals surface area contributed by atoms with Gasteiger partial charge in [-0.05, 0) is 19.3 Å². The lowest BCUT2D eigenvalue weighted by atomic mass is 9.95. The number of piperazine rings is 1. The van der Waals surface area contributed by atoms with E-state index in [9.17, 15) is 9.90 Å². The molecule has 18 heavy (non-hydrogen) atoms. The molecule has 3 unspecified atom stereocenters. The Morgan fingerprint density at radius 3 is 2.61 bits per heavy atom. The van der Waals surface area contributed by atoms with E-state index < -0.39 is 0 Å². The van der Waals surface area contributed by atoms with Crippen molar-refractivity contribution >= 4 is 5.91 Å². The van der Waals surface area contributed by atoms with E-state index in [0.29, 0.717) is 12.5 Å². The van der Waals surface area contributed by atoms with Crippen molar-refractivity contribution in [2.24, 2.45) is 5.92 Å². The minimum atomic E-state index is -0.363. The standard InChI is InChI=1S/C13H25N3O2/c1-10-3-6-16(9-12(10)17)13(18)11(2)15-7-4-14-5-8-15/h10-12,14,17H,3-9H2,1-2H3. The second-order valence-corrected chi connectivity index (χ2v) is 5.58. The van der Waals surface area contributed by atoms with E-state index in [2.05, 4.69) is 10.2 Å². The Labute approximate surface area is 109 Å². The van der Waals surface area contributed by atoms with Crippen molar-refractivity contribution in [1.29, 1.82) is 0 Å². The van der Waals surface area contributed by atoms with Gasteiger partial charge in [0.1, 0.15) is 0 Å². The molecule has 0 spiro atoms. The van der Waals surface area contributed by atoms with Crippen LogP contribution in [-0.2, 0) is 4.79 Å². The van der Waals surface area contributed by atoms with Gasteiger partial charge in [0.15, 0.2) is 0 Å². The minimum Gasteiger partial charge on any atom is -0.391 e. The quantitative estimate of drug-likeness (QED) is 0.699. The summed E-state index contributed by atoms with van der Waals surface area (Å²) in [6.07, 6.45) is 0.541. The average Bonchev–Trinajstić information content (AvgIpc) is 2.41. The number of piperidine rings is 1. The van der Waals surface area contributed by atoms with Crippen molar-refractivity contribution < 1.29 is 9.90 Å². The maximum absolute atomic E-state index is 12.4. The predicted octanol–water partition coefficient (Wildman–Crippen LogP) is -0.491. The normalized spacial score (nSPS) is 32.3. The van der Waals surface area contributed by atoms with Crippen LogP contribution >= 0.6 is 0 Å². The number of carbonyl (C=O) groups excluding carboxylic acids is 1. The van der Waals surface area contributed by atoms with Gasteiger partial charge >= 0.3 is 0 Å². The number of rotatable bonds is 2. The Morgan fingerprint density at radius 1 is 1.33 bits per heavy atom. The first kappa shape index (κ1) is 13.8. The van der Waals surface area contributed by atoms with Gasteiger partial charge < -0.3 is 15.3 Å². The Morgan fingerprint density at radius 2 is 2.00 bits per heavy atom. The molecule has 2 heterocycles. The number of aliphatic hydroxyl groups is 1. The number of amides is 1. The van der Waals surface area contributed by atoms with Gasteiger partial charge in [0, 0.05) is 39.3 Å². The molecule has 2 fully saturated rings. The predicted molar refractivity (Wildman–Crippen MR) is 70.3 cm³/mol. The Kier molecular flexibility index (Phi) is 4.59. The second-order valence-electron chi connectivity index (χ2n) is 5.58. The van der Waals surface area contributed by atoms with E-state index in [1.807, 2.05) is 18.7 Å². The fourth-order valence-electron chi connectivity index (χ4n) is 2.74. The fourth-order valence-corrected chi connectivity index (χ4v) is 2.74. The van der Waals surface area contributed by atoms with Crippen LogP contribution in [0.1, 0.15) is 20.3 Å². The molecule has 2 saturated heterocycles. The lowest BCUT2D eigenvalue weighted by molar-refractivity contribution is -0.140. The van der Waals surface area contributed by atoms with Crippen LogP contribution in [0.15, 0.2) is 0 Å². The van der Waals surface area contributed by atoms with Gasteiger partial charge in [-0.25, -0.2) is 0 Å². The maximum atomic E-state index is 12.4. The van der Waals surface area contributed by atoms with Crippen LogP contribution in [0.2, 0.25) is 0 Å². The summed E-state index contributed by atoms with van der Waals surface area (Å²) in [6.45, 7) is 9.09. The van der Waals surface area contributed by atoms with Crippen LogP contribution in [0.3, 0.4) is 0 Å². The zero-order chi connectivity index (χ0) is 13.1. The summed E-state index contributed by atoms with van der Waals surface area (Å²) < 4.78 is 0. The lowest BCUT2D eigenvalue weighted by Crippen LogP contribution is -2.56. The topological polar surface area (TPSA) is 55.8 Å². The monoisotopic (exact) mass is 255 g/mol. The highest BCUT2D eigenvalue weighted by atomic mass is 16.3. The molecule has 0 aromatic rings. The summed E-state index contributed by atoms with van der Waals surface area (Å²) in [5.74, 6) is 0.478. The highest BCUT2D eigenvalue weighted by Gasteiger charge is 2.32.